The van der Waals surface area contributed by atoms with Crippen molar-refractivity contribution in [3.63, 3.8) is 0 Å². The number of carbonyl (C=O) groups is 1. The molecule has 1 saturated heterocycles. The molecule has 0 saturated carbocycles. The van der Waals surface area contributed by atoms with Crippen LogP contribution in [0.3, 0.4) is 0 Å². The summed E-state index contributed by atoms with van der Waals surface area (Å²) in [5.41, 5.74) is 0.812. The third-order valence-electron chi connectivity index (χ3n) is 4.05. The summed E-state index contributed by atoms with van der Waals surface area (Å²) >= 11 is 1.60. The Kier molecular flexibility index (Phi) is 7.41. The molecule has 0 spiro atoms. The van der Waals surface area contributed by atoms with Crippen molar-refractivity contribution in [1.82, 2.24) is 4.90 Å². The summed E-state index contributed by atoms with van der Waals surface area (Å²) < 4.78 is 5.22. The van der Waals surface area contributed by atoms with Crippen LogP contribution in [0.25, 0.3) is 0 Å². The van der Waals surface area contributed by atoms with Gasteiger partial charge in [-0.25, -0.2) is 4.79 Å². The van der Waals surface area contributed by atoms with Crippen molar-refractivity contribution in [1.29, 1.82) is 5.26 Å². The number of thioether (sulfide) groups is 1. The molecule has 1 aromatic rings. The van der Waals surface area contributed by atoms with Crippen molar-refractivity contribution in [2.75, 3.05) is 37.9 Å². The van der Waals surface area contributed by atoms with E-state index in [1.807, 2.05) is 36.1 Å². The van der Waals surface area contributed by atoms with Crippen LogP contribution in [-0.4, -0.2) is 43.5 Å². The number of urea groups is 1. The zero-order valence-corrected chi connectivity index (χ0v) is 15.1. The number of ether oxygens (including phenoxy) is 1. The molecule has 1 N–H and O–H groups in total. The van der Waals surface area contributed by atoms with Crippen LogP contribution >= 0.6 is 11.8 Å². The molecular weight excluding hydrogens is 322 g/mol. The molecule has 0 aliphatic carbocycles. The summed E-state index contributed by atoms with van der Waals surface area (Å²) in [7, 11) is 1.70. The topological polar surface area (TPSA) is 65.4 Å². The Morgan fingerprint density at radius 1 is 1.54 bits per heavy atom. The lowest BCUT2D eigenvalue weighted by molar-refractivity contribution is 0.104. The molecule has 0 radical (unpaired) electrons. The molecule has 2 rings (SSSR count). The molecule has 5 nitrogen and oxygen atoms in total. The number of rotatable bonds is 6. The standard InChI is InChI=1S/C18H25N3O2S/c1-14(10-19)13-24-17-8-4-3-7-16(17)20-18(22)21-9-5-6-15(11-21)12-23-2/h3-4,7-8,14-15H,5-6,9,11-13H2,1-2H3,(H,20,22)/t14-,15-/m0/s1. The Hall–Kier alpha value is -1.71. The molecule has 1 fully saturated rings. The Morgan fingerprint density at radius 3 is 3.08 bits per heavy atom. The van der Waals surface area contributed by atoms with Gasteiger partial charge in [0.05, 0.1) is 24.3 Å². The van der Waals surface area contributed by atoms with Gasteiger partial charge in [-0.2, -0.15) is 5.26 Å². The van der Waals surface area contributed by atoms with E-state index in [9.17, 15) is 4.79 Å². The first-order valence-electron chi connectivity index (χ1n) is 8.30. The number of nitrogens with one attached hydrogen (secondary N) is 1. The van der Waals surface area contributed by atoms with Crippen LogP contribution in [0, 0.1) is 23.2 Å². The predicted molar refractivity (Wildman–Crippen MR) is 97.1 cm³/mol. The van der Waals surface area contributed by atoms with Crippen LogP contribution in [0.4, 0.5) is 10.5 Å². The number of methoxy groups -OCH3 is 1. The molecule has 130 valence electrons. The third kappa shape index (κ3) is 5.43. The van der Waals surface area contributed by atoms with Gasteiger partial charge in [-0.1, -0.05) is 12.1 Å². The van der Waals surface area contributed by atoms with Crippen molar-refractivity contribution < 1.29 is 9.53 Å². The lowest BCUT2D eigenvalue weighted by Crippen LogP contribution is -2.43. The Bertz CT molecular complexity index is 586. The first kappa shape index (κ1) is 18.6. The van der Waals surface area contributed by atoms with Crippen LogP contribution in [0.2, 0.25) is 0 Å². The molecule has 1 aliphatic rings. The maximum Gasteiger partial charge on any atom is 0.321 e. The minimum absolute atomic E-state index is 0.0179. The molecule has 2 atom stereocenters. The molecule has 0 bridgehead atoms. The van der Waals surface area contributed by atoms with Crippen LogP contribution in [0.1, 0.15) is 19.8 Å². The van der Waals surface area contributed by atoms with Crippen molar-refractivity contribution in [3.8, 4) is 6.07 Å². The number of hydrogen-bond donors (Lipinski definition) is 1. The van der Waals surface area contributed by atoms with Crippen molar-refractivity contribution in [2.24, 2.45) is 11.8 Å². The van der Waals surface area contributed by atoms with E-state index in [1.54, 1.807) is 18.9 Å². The highest BCUT2D eigenvalue weighted by Crippen LogP contribution is 2.29. The predicted octanol–water partition coefficient (Wildman–Crippen LogP) is 3.83. The van der Waals surface area contributed by atoms with E-state index in [1.165, 1.54) is 0 Å². The number of anilines is 1. The van der Waals surface area contributed by atoms with Crippen molar-refractivity contribution in [2.45, 2.75) is 24.7 Å². The van der Waals surface area contributed by atoms with Gasteiger partial charge in [0.15, 0.2) is 0 Å². The van der Waals surface area contributed by atoms with E-state index < -0.39 is 0 Å². The highest BCUT2D eigenvalue weighted by atomic mass is 32.2. The molecule has 1 aliphatic heterocycles. The third-order valence-corrected chi connectivity index (χ3v) is 5.38. The van der Waals surface area contributed by atoms with Gasteiger partial charge in [0, 0.05) is 36.8 Å². The first-order chi connectivity index (χ1) is 11.6. The van der Waals surface area contributed by atoms with E-state index in [0.717, 1.165) is 36.5 Å². The molecule has 6 heteroatoms. The number of carbonyl (C=O) groups excluding carboxylic acids is 1. The zero-order valence-electron chi connectivity index (χ0n) is 14.3. The van der Waals surface area contributed by atoms with Crippen LogP contribution in [0.5, 0.6) is 0 Å². The Balaban J connectivity index is 1.97. The van der Waals surface area contributed by atoms with E-state index in [-0.39, 0.29) is 11.9 Å². The van der Waals surface area contributed by atoms with Gasteiger partial charge < -0.3 is 15.0 Å². The van der Waals surface area contributed by atoms with Crippen molar-refractivity contribution in [3.05, 3.63) is 24.3 Å². The van der Waals surface area contributed by atoms with Gasteiger partial charge in [0.1, 0.15) is 0 Å². The number of amides is 2. The molecule has 1 heterocycles. The minimum Gasteiger partial charge on any atom is -0.384 e. The highest BCUT2D eigenvalue weighted by Gasteiger charge is 2.24. The van der Waals surface area contributed by atoms with Gasteiger partial charge in [0.2, 0.25) is 0 Å². The minimum atomic E-state index is -0.0582. The number of benzene rings is 1. The van der Waals surface area contributed by atoms with Crippen LogP contribution in [-0.2, 0) is 4.74 Å². The highest BCUT2D eigenvalue weighted by molar-refractivity contribution is 7.99. The summed E-state index contributed by atoms with van der Waals surface area (Å²) in [5, 5.41) is 11.9. The molecule has 0 aromatic heterocycles. The molecule has 24 heavy (non-hydrogen) atoms. The van der Waals surface area contributed by atoms with Gasteiger partial charge in [0.25, 0.3) is 0 Å². The fourth-order valence-corrected chi connectivity index (χ4v) is 3.72. The number of hydrogen-bond acceptors (Lipinski definition) is 4. The monoisotopic (exact) mass is 347 g/mol. The van der Waals surface area contributed by atoms with Crippen LogP contribution in [0.15, 0.2) is 29.2 Å². The number of likely N-dealkylation sites (tertiary alicyclic amines) is 1. The first-order valence-corrected chi connectivity index (χ1v) is 9.29. The SMILES string of the molecule is COC[C@H]1CCCN(C(=O)Nc2ccccc2SC[C@@H](C)C#N)C1. The van der Waals surface area contributed by atoms with Gasteiger partial charge >= 0.3 is 6.03 Å². The quantitative estimate of drug-likeness (QED) is 0.794. The maximum atomic E-state index is 12.6. The van der Waals surface area contributed by atoms with E-state index in [4.69, 9.17) is 10.00 Å². The van der Waals surface area contributed by atoms with Gasteiger partial charge in [-0.15, -0.1) is 11.8 Å². The summed E-state index contributed by atoms with van der Waals surface area (Å²) in [6.45, 7) is 4.12. The van der Waals surface area contributed by atoms with Gasteiger partial charge in [-0.05, 0) is 31.9 Å². The Labute approximate surface area is 148 Å². The summed E-state index contributed by atoms with van der Waals surface area (Å²) in [6, 6.07) is 9.93. The summed E-state index contributed by atoms with van der Waals surface area (Å²) in [5.74, 6) is 1.11. The second-order valence-corrected chi connectivity index (χ2v) is 7.24. The van der Waals surface area contributed by atoms with Crippen LogP contribution < -0.4 is 5.32 Å². The van der Waals surface area contributed by atoms with E-state index in [0.29, 0.717) is 18.3 Å². The fourth-order valence-electron chi connectivity index (χ4n) is 2.76. The second kappa shape index (κ2) is 9.55. The smallest absolute Gasteiger partial charge is 0.321 e. The summed E-state index contributed by atoms with van der Waals surface area (Å²) in [4.78, 5) is 15.4. The zero-order chi connectivity index (χ0) is 17.4. The maximum absolute atomic E-state index is 12.6. The van der Waals surface area contributed by atoms with Crippen molar-refractivity contribution >= 4 is 23.5 Å². The van der Waals surface area contributed by atoms with E-state index in [2.05, 4.69) is 11.4 Å². The lowest BCUT2D eigenvalue weighted by atomic mass is 9.99. The Morgan fingerprint density at radius 2 is 2.33 bits per heavy atom. The average Bonchev–Trinajstić information content (AvgIpc) is 2.61. The number of piperidine rings is 1. The largest absolute Gasteiger partial charge is 0.384 e. The van der Waals surface area contributed by atoms with E-state index >= 15 is 0 Å². The molecule has 2 amide bonds. The fraction of sp³-hybridized carbons (Fsp3) is 0.556. The normalized spacial score (nSPS) is 18.7. The lowest BCUT2D eigenvalue weighted by Gasteiger charge is -2.32. The second-order valence-electron chi connectivity index (χ2n) is 6.18. The molecule has 1 aromatic carbocycles. The molecule has 0 unspecified atom stereocenters. The number of para-hydroxylation sites is 1. The number of nitrogens with zero attached hydrogens (tertiary/aromatic N) is 2. The molecular formula is C18H25N3O2S. The van der Waals surface area contributed by atoms with Gasteiger partial charge in [-0.3, -0.25) is 0 Å². The summed E-state index contributed by atoms with van der Waals surface area (Å²) in [6.07, 6.45) is 2.12. The average molecular weight is 347 g/mol. The number of nitriles is 1.